The van der Waals surface area contributed by atoms with Crippen molar-refractivity contribution in [2.75, 3.05) is 13.6 Å². The Kier molecular flexibility index (Phi) is 24.7. The molecule has 0 bridgehead atoms. The molecule has 1 atom stereocenters. The topological polar surface area (TPSA) is 56.9 Å². The molecule has 0 fully saturated rings. The van der Waals surface area contributed by atoms with Gasteiger partial charge in [-0.3, -0.25) is 4.79 Å². The molecule has 0 aliphatic carbocycles. The summed E-state index contributed by atoms with van der Waals surface area (Å²) >= 11 is 0. The highest BCUT2D eigenvalue weighted by atomic mass is 16.2. The van der Waals surface area contributed by atoms with Crippen molar-refractivity contribution in [2.45, 2.75) is 74.8 Å². The highest BCUT2D eigenvalue weighted by Crippen LogP contribution is 2.19. The Morgan fingerprint density at radius 1 is 1.10 bits per heavy atom. The second-order valence-electron chi connectivity index (χ2n) is 5.67. The third-order valence-electron chi connectivity index (χ3n) is 3.80. The zero-order chi connectivity index (χ0) is 23.9. The van der Waals surface area contributed by atoms with E-state index in [1.54, 1.807) is 6.08 Å². The van der Waals surface area contributed by atoms with E-state index in [2.05, 4.69) is 28.3 Å². The summed E-state index contributed by atoms with van der Waals surface area (Å²) in [6.45, 7) is 21.8. The SMILES string of the molecule is C/C=C(\C)CNC(=O)[C@@H](Cc1c[nH]c2ccccc12)NC.C=CC.CC.CC.CC. The fraction of sp³-hybridized carbons (Fsp3) is 0.500. The van der Waals surface area contributed by atoms with Gasteiger partial charge in [-0.2, -0.15) is 0 Å². The second-order valence-corrected chi connectivity index (χ2v) is 5.67. The fourth-order valence-electron chi connectivity index (χ4n) is 2.30. The van der Waals surface area contributed by atoms with Crippen LogP contribution >= 0.6 is 0 Å². The first-order valence-electron chi connectivity index (χ1n) is 11.3. The molecule has 30 heavy (non-hydrogen) atoms. The number of H-pyrrole nitrogens is 1. The molecule has 1 aromatic heterocycles. The molecule has 4 heteroatoms. The zero-order valence-corrected chi connectivity index (χ0v) is 21.1. The number of fused-ring (bicyclic) bond motifs is 1. The third kappa shape index (κ3) is 13.0. The van der Waals surface area contributed by atoms with Gasteiger partial charge in [-0.05, 0) is 45.9 Å². The van der Waals surface area contributed by atoms with Gasteiger partial charge in [-0.1, -0.05) is 77.5 Å². The van der Waals surface area contributed by atoms with Gasteiger partial charge >= 0.3 is 0 Å². The molecule has 0 saturated carbocycles. The third-order valence-corrected chi connectivity index (χ3v) is 3.80. The molecule has 3 N–H and O–H groups in total. The molecule has 2 aromatic rings. The molecule has 0 spiro atoms. The summed E-state index contributed by atoms with van der Waals surface area (Å²) < 4.78 is 0. The van der Waals surface area contributed by atoms with E-state index in [9.17, 15) is 4.79 Å². The van der Waals surface area contributed by atoms with Gasteiger partial charge in [-0.15, -0.1) is 6.58 Å². The van der Waals surface area contributed by atoms with E-state index in [0.29, 0.717) is 13.0 Å². The predicted octanol–water partition coefficient (Wildman–Crippen LogP) is 6.65. The number of para-hydroxylation sites is 1. The van der Waals surface area contributed by atoms with Crippen LogP contribution in [-0.2, 0) is 11.2 Å². The van der Waals surface area contributed by atoms with Crippen LogP contribution in [0.2, 0.25) is 0 Å². The van der Waals surface area contributed by atoms with Gasteiger partial charge in [0, 0.05) is 23.6 Å². The number of aromatic nitrogens is 1. The van der Waals surface area contributed by atoms with Crippen LogP contribution in [0.1, 0.15) is 67.9 Å². The molecule has 4 nitrogen and oxygen atoms in total. The van der Waals surface area contributed by atoms with Crippen molar-refractivity contribution in [2.24, 2.45) is 0 Å². The molecule has 2 rings (SSSR count). The Bertz CT molecular complexity index is 686. The number of rotatable bonds is 6. The number of nitrogens with one attached hydrogen (secondary N) is 3. The minimum atomic E-state index is -0.228. The Morgan fingerprint density at radius 2 is 1.63 bits per heavy atom. The molecule has 0 unspecified atom stereocenters. The van der Waals surface area contributed by atoms with Gasteiger partial charge in [-0.25, -0.2) is 0 Å². The lowest BCUT2D eigenvalue weighted by Crippen LogP contribution is -2.44. The van der Waals surface area contributed by atoms with Crippen molar-refractivity contribution < 1.29 is 4.79 Å². The van der Waals surface area contributed by atoms with Gasteiger partial charge in [0.15, 0.2) is 0 Å². The summed E-state index contributed by atoms with van der Waals surface area (Å²) in [6.07, 6.45) is 6.41. The molecular formula is C26H47N3O. The number of allylic oxidation sites excluding steroid dienone is 2. The predicted molar refractivity (Wildman–Crippen MR) is 137 cm³/mol. The van der Waals surface area contributed by atoms with Crippen LogP contribution in [0.5, 0.6) is 0 Å². The normalized spacial score (nSPS) is 10.4. The Labute approximate surface area is 186 Å². The minimum Gasteiger partial charge on any atom is -0.361 e. The van der Waals surface area contributed by atoms with Crippen LogP contribution in [0, 0.1) is 0 Å². The van der Waals surface area contributed by atoms with Crippen LogP contribution in [0.25, 0.3) is 10.9 Å². The maximum Gasteiger partial charge on any atom is 0.237 e. The molecule has 0 radical (unpaired) electrons. The highest BCUT2D eigenvalue weighted by molar-refractivity contribution is 5.86. The standard InChI is InChI=1S/C17H23N3O.C3H6.3C2H6/c1-4-12(2)10-20-17(21)16(18-3)9-13-11-19-15-8-6-5-7-14(13)15;1-3-2;3*1-2/h4-8,11,16,18-19H,9-10H2,1-3H3,(H,20,21);3H,1H2,2H3;3*1-2H3/b12-4+;;;;/t16-;;;;/m1..../s1. The largest absolute Gasteiger partial charge is 0.361 e. The van der Waals surface area contributed by atoms with E-state index >= 15 is 0 Å². The fourth-order valence-corrected chi connectivity index (χ4v) is 2.30. The van der Waals surface area contributed by atoms with E-state index in [0.717, 1.165) is 16.7 Å². The van der Waals surface area contributed by atoms with Crippen molar-refractivity contribution in [3.8, 4) is 0 Å². The monoisotopic (exact) mass is 417 g/mol. The first-order chi connectivity index (χ1) is 14.6. The lowest BCUT2D eigenvalue weighted by molar-refractivity contribution is -0.122. The van der Waals surface area contributed by atoms with Crippen LogP contribution in [0.4, 0.5) is 0 Å². The lowest BCUT2D eigenvalue weighted by atomic mass is 10.0. The first kappa shape index (κ1) is 32.3. The molecule has 1 heterocycles. The van der Waals surface area contributed by atoms with E-state index in [-0.39, 0.29) is 11.9 Å². The van der Waals surface area contributed by atoms with E-state index in [4.69, 9.17) is 0 Å². The number of carbonyl (C=O) groups excluding carboxylic acids is 1. The summed E-state index contributed by atoms with van der Waals surface area (Å²) in [6, 6.07) is 7.92. The first-order valence-corrected chi connectivity index (χ1v) is 11.3. The van der Waals surface area contributed by atoms with E-state index in [1.807, 2.05) is 99.8 Å². The van der Waals surface area contributed by atoms with Crippen molar-refractivity contribution in [1.29, 1.82) is 0 Å². The molecule has 0 aliphatic rings. The number of likely N-dealkylation sites (N-methyl/N-ethyl adjacent to an activating group) is 1. The van der Waals surface area contributed by atoms with E-state index in [1.165, 1.54) is 5.39 Å². The van der Waals surface area contributed by atoms with Crippen molar-refractivity contribution in [1.82, 2.24) is 15.6 Å². The van der Waals surface area contributed by atoms with Gasteiger partial charge in [0.25, 0.3) is 0 Å². The molecule has 1 aromatic carbocycles. The molecular weight excluding hydrogens is 370 g/mol. The van der Waals surface area contributed by atoms with Crippen molar-refractivity contribution in [3.63, 3.8) is 0 Å². The van der Waals surface area contributed by atoms with Crippen molar-refractivity contribution in [3.05, 3.63) is 60.3 Å². The average Bonchev–Trinajstić information content (AvgIpc) is 3.23. The lowest BCUT2D eigenvalue weighted by Gasteiger charge is -2.16. The smallest absolute Gasteiger partial charge is 0.237 e. The quantitative estimate of drug-likeness (QED) is 0.461. The second kappa shape index (κ2) is 23.0. The highest BCUT2D eigenvalue weighted by Gasteiger charge is 2.18. The van der Waals surface area contributed by atoms with Gasteiger partial charge in [0.2, 0.25) is 5.91 Å². The van der Waals surface area contributed by atoms with Gasteiger partial charge in [0.1, 0.15) is 0 Å². The van der Waals surface area contributed by atoms with Crippen LogP contribution < -0.4 is 10.6 Å². The summed E-state index contributed by atoms with van der Waals surface area (Å²) in [5.74, 6) is 0.0315. The summed E-state index contributed by atoms with van der Waals surface area (Å²) in [7, 11) is 1.82. The van der Waals surface area contributed by atoms with Crippen LogP contribution in [0.15, 0.2) is 54.8 Å². The van der Waals surface area contributed by atoms with E-state index < -0.39 is 0 Å². The molecule has 172 valence electrons. The molecule has 1 amide bonds. The zero-order valence-electron chi connectivity index (χ0n) is 21.1. The molecule has 0 saturated heterocycles. The van der Waals surface area contributed by atoms with Gasteiger partial charge < -0.3 is 15.6 Å². The number of carbonyl (C=O) groups is 1. The van der Waals surface area contributed by atoms with Crippen molar-refractivity contribution >= 4 is 16.8 Å². The Morgan fingerprint density at radius 3 is 2.13 bits per heavy atom. The van der Waals surface area contributed by atoms with Crippen LogP contribution in [0.3, 0.4) is 0 Å². The number of aromatic amines is 1. The van der Waals surface area contributed by atoms with Gasteiger partial charge in [0.05, 0.1) is 6.04 Å². The minimum absolute atomic E-state index is 0.0315. The Hall–Kier alpha value is -2.33. The average molecular weight is 418 g/mol. The Balaban J connectivity index is -0.000000709. The summed E-state index contributed by atoms with van der Waals surface area (Å²) in [5.41, 5.74) is 3.42. The molecule has 0 aliphatic heterocycles. The summed E-state index contributed by atoms with van der Waals surface area (Å²) in [5, 5.41) is 7.24. The number of amides is 1. The van der Waals surface area contributed by atoms with Crippen LogP contribution in [-0.4, -0.2) is 30.5 Å². The summed E-state index contributed by atoms with van der Waals surface area (Å²) in [4.78, 5) is 15.5. The number of hydrogen-bond acceptors (Lipinski definition) is 2. The maximum atomic E-state index is 12.2. The number of hydrogen-bond donors (Lipinski definition) is 3. The number of benzene rings is 1. The maximum absolute atomic E-state index is 12.2.